The molecule has 74 heteroatoms. The van der Waals surface area contributed by atoms with Crippen molar-refractivity contribution in [1.82, 2.24) is 114 Å². The number of halogens is 4. The van der Waals surface area contributed by atoms with Crippen molar-refractivity contribution in [3.63, 3.8) is 0 Å². The van der Waals surface area contributed by atoms with E-state index >= 15 is 17.6 Å². The third-order valence-corrected chi connectivity index (χ3v) is 32.6. The molecule has 11 aliphatic rings. The van der Waals surface area contributed by atoms with Gasteiger partial charge in [-0.15, -0.1) is 15.3 Å². The number of nitrogens with zero attached hydrogens (tertiary/aromatic N) is 20. The van der Waals surface area contributed by atoms with Crippen molar-refractivity contribution in [2.24, 2.45) is 0 Å². The predicted molar refractivity (Wildman–Crippen MR) is 474 cm³/mol. The molecular weight excluding hydrogens is 2080 g/mol. The van der Waals surface area contributed by atoms with Crippen LogP contribution in [0.1, 0.15) is 37.4 Å². The van der Waals surface area contributed by atoms with Crippen LogP contribution < -0.4 is 51.1 Å². The van der Waals surface area contributed by atoms with Gasteiger partial charge in [0.1, 0.15) is 101 Å². The Kier molecular flexibility index (Phi) is 24.6. The SMILES string of the molecule is Nc1nc2c(nnn2[C@@H]2O[C@@H]3COP(=O)(S)O[C@H]4[C@H](F)[C@H](n5ccc6c(N)ccnc65)O[C@@H]4COP(O)(=S)O[C@@H]2[C@H]3F)c(=O)[nH]1.Nc1nc2c(nnn2[C@@H]2O[C@@H]3COP(O)(=S)O[C@H]4[C@H]5OC[C@]4(COP(O)(=S)O[C@@H]2[C@H]3F)O[C@H]5n2cnc3c(N)ccnc32)c(=O)[nH]1.Nc1nc2c(nnn2[C@@H]2O[C@@H]3COP(O)(=S)O[C@H]4[C@H]5OC[C@]4(COP(O)(=S)O[C@@H]2[C@H]3F)O[C@H]5n2cnc3c(N)ccnc32)c(=O)[nH]1. The molecule has 734 valence electrons. The van der Waals surface area contributed by atoms with E-state index in [1.807, 2.05) is 0 Å². The minimum atomic E-state index is -4.44. The number of ether oxygens (including phenoxy) is 8. The van der Waals surface area contributed by atoms with Crippen LogP contribution in [0.3, 0.4) is 0 Å². The molecule has 12 aromatic heterocycles. The molecule has 6 unspecified atom stereocenters. The number of anilines is 6. The van der Waals surface area contributed by atoms with Gasteiger partial charge in [-0.2, -0.15) is 29.0 Å². The quantitative estimate of drug-likeness (QED) is 0.0583. The number of nitrogens with two attached hydrogens (primary N) is 6. The number of aromatic amines is 3. The first-order chi connectivity index (χ1) is 65.0. The molecule has 0 radical (unpaired) electrons. The molecule has 20 N–H and O–H groups in total. The molecular formula is C63H69F4N29O29P6S6. The summed E-state index contributed by atoms with van der Waals surface area (Å²) < 4.78 is 200. The predicted octanol–water partition coefficient (Wildman–Crippen LogP) is -0.175. The van der Waals surface area contributed by atoms with Crippen LogP contribution in [-0.2, 0) is 156 Å². The Hall–Kier alpha value is -7.88. The van der Waals surface area contributed by atoms with Crippen LogP contribution in [0, 0.1) is 0 Å². The number of aromatic nitrogens is 23. The minimum absolute atomic E-state index is 0.137. The molecule has 23 rings (SSSR count). The fourth-order valence-corrected chi connectivity index (χ4v) is 25.8. The second-order valence-electron chi connectivity index (χ2n) is 31.9. The highest BCUT2D eigenvalue weighted by atomic mass is 32.7. The standard InChI is InChI=1S/C21H23F2N9O9P2S2.2C21H23FN10O10P2S2/c22-11-9-5-36-42(34,44)40-14-10(39-19(12(14)23)31-4-2-7-8(24)1-3-26-16(7)31)6-37-43(35,45)41-15(11)20(38-9)32-17-13(29-30-32)18(33)28-21(25)27-17;2*22-9-8-3-37-43(34,45)42-14-13-18(31-6-26-10-7(23)1-2-25-15(10)31)40-21(14,4-36-13)5-38-44(35,46)41-12(9)19(39-8)32-16-11(29-30-32)17(33)28-20(24)27-16/h1-4,9-12,14-15,19-20H,5-6H2,(H2,24,26)(H,34,44)(H,35,45)(H3,25,27,28,33);2*1-2,6,8-9,12-14,18-19H,3-5H2,(H2,23,25)(H,34,45)(H,35,46)(H3,24,27,28,33)/t9-,10-,11+,12+,14-,15-,19-,20-,42?,43?;2*8-,9+,12-,13-,14+,18-,19-,21-,43?,44?/m111/s1. The lowest BCUT2D eigenvalue weighted by atomic mass is 10.0. The van der Waals surface area contributed by atoms with E-state index in [0.717, 1.165) is 14.0 Å². The highest BCUT2D eigenvalue weighted by Gasteiger charge is 2.68. The number of H-pyrrole nitrogens is 3. The Morgan fingerprint density at radius 2 is 0.766 bits per heavy atom. The van der Waals surface area contributed by atoms with Gasteiger partial charge in [0.05, 0.1) is 76.9 Å². The Morgan fingerprint density at radius 3 is 1.18 bits per heavy atom. The van der Waals surface area contributed by atoms with E-state index in [9.17, 15) is 43.4 Å². The molecule has 30 atom stereocenters. The molecule has 0 aliphatic carbocycles. The van der Waals surface area contributed by atoms with Crippen molar-refractivity contribution in [3.8, 4) is 0 Å². The number of hydrogen-bond acceptors (Lipinski definition) is 49. The monoisotopic (exact) mass is 2150 g/mol. The zero-order chi connectivity index (χ0) is 96.2. The summed E-state index contributed by atoms with van der Waals surface area (Å²) >= 11 is 30.3. The van der Waals surface area contributed by atoms with Gasteiger partial charge in [0, 0.05) is 35.9 Å². The van der Waals surface area contributed by atoms with Crippen molar-refractivity contribution >= 4 is 213 Å². The number of nitrogen functional groups attached to an aromatic ring is 6. The molecule has 137 heavy (non-hydrogen) atoms. The summed E-state index contributed by atoms with van der Waals surface area (Å²) in [5.74, 6) is -0.836. The molecule has 11 fully saturated rings. The fourth-order valence-electron chi connectivity index (χ4n) is 17.1. The van der Waals surface area contributed by atoms with Crippen molar-refractivity contribution in [2.75, 3.05) is 87.3 Å². The fraction of sp³-hybridized carbons (Fsp3) is 0.508. The van der Waals surface area contributed by atoms with Gasteiger partial charge in [0.25, 0.3) is 16.7 Å². The van der Waals surface area contributed by atoms with E-state index in [0.29, 0.717) is 50.4 Å². The summed E-state index contributed by atoms with van der Waals surface area (Å²) in [6.45, 7) is -29.7. The first-order valence-corrected chi connectivity index (χ1v) is 55.5. The van der Waals surface area contributed by atoms with Crippen LogP contribution in [0.5, 0.6) is 0 Å². The minimum Gasteiger partial charge on any atom is -0.398 e. The Balaban J connectivity index is 0.000000123. The topological polar surface area (TPSA) is 768 Å². The Labute approximate surface area is 787 Å². The molecule has 11 aliphatic heterocycles. The maximum Gasteiger partial charge on any atom is 0.386 e. The average Bonchev–Trinajstić information content (AvgIpc) is 1.56. The van der Waals surface area contributed by atoms with E-state index in [1.165, 1.54) is 42.0 Å². The molecule has 0 spiro atoms. The van der Waals surface area contributed by atoms with Crippen LogP contribution >= 0.6 is 52.6 Å². The van der Waals surface area contributed by atoms with Crippen molar-refractivity contribution in [1.29, 1.82) is 0 Å². The van der Waals surface area contributed by atoms with Gasteiger partial charge in [-0.1, -0.05) is 27.9 Å². The van der Waals surface area contributed by atoms with Crippen LogP contribution in [0.4, 0.5) is 52.5 Å². The first-order valence-electron chi connectivity index (χ1n) is 39.9. The molecule has 0 amide bonds. The number of pyridine rings is 3. The highest BCUT2D eigenvalue weighted by molar-refractivity contribution is 8.44. The van der Waals surface area contributed by atoms with Gasteiger partial charge >= 0.3 is 40.4 Å². The van der Waals surface area contributed by atoms with Crippen LogP contribution in [0.25, 0.3) is 66.9 Å². The number of alkyl halides is 4. The van der Waals surface area contributed by atoms with Crippen LogP contribution in [0.2, 0.25) is 0 Å². The lowest BCUT2D eigenvalue weighted by Gasteiger charge is -2.33. The van der Waals surface area contributed by atoms with E-state index in [2.05, 4.69) is 98.0 Å². The summed E-state index contributed by atoms with van der Waals surface area (Å²) in [7, 11) is 0. The summed E-state index contributed by atoms with van der Waals surface area (Å²) in [6.07, 6.45) is -23.8. The number of nitrogens with one attached hydrogen (secondary N) is 3. The molecule has 23 heterocycles. The number of hydrogen-bond donors (Lipinski definition) is 15. The Morgan fingerprint density at radius 1 is 0.401 bits per heavy atom. The molecule has 0 aromatic carbocycles. The average molecular weight is 2150 g/mol. The maximum atomic E-state index is 16.0. The van der Waals surface area contributed by atoms with E-state index in [4.69, 9.17) is 186 Å². The third kappa shape index (κ3) is 17.4. The second kappa shape index (κ2) is 35.3. The molecule has 12 aromatic rings. The first kappa shape index (κ1) is 95.3. The lowest BCUT2D eigenvalue weighted by molar-refractivity contribution is -0.183. The van der Waals surface area contributed by atoms with Gasteiger partial charge in [-0.3, -0.25) is 70.1 Å². The van der Waals surface area contributed by atoms with Gasteiger partial charge < -0.3 is 124 Å². The lowest BCUT2D eigenvalue weighted by Crippen LogP contribution is -2.45. The van der Waals surface area contributed by atoms with Gasteiger partial charge in [-0.25, -0.2) is 47.0 Å². The van der Waals surface area contributed by atoms with Gasteiger partial charge in [0.2, 0.25) is 17.8 Å². The molecule has 11 saturated heterocycles. The molecule has 0 saturated carbocycles. The van der Waals surface area contributed by atoms with Crippen LogP contribution in [-0.4, -0.2) is 300 Å². The number of thiol groups is 1. The van der Waals surface area contributed by atoms with Crippen LogP contribution in [0.15, 0.2) is 76.1 Å². The van der Waals surface area contributed by atoms with E-state index in [-0.39, 0.29) is 64.6 Å². The zero-order valence-electron chi connectivity index (χ0n) is 68.3. The van der Waals surface area contributed by atoms with E-state index < -0.39 is 243 Å². The highest BCUT2D eigenvalue weighted by Crippen LogP contribution is 2.64. The van der Waals surface area contributed by atoms with Crippen molar-refractivity contribution in [3.05, 3.63) is 92.8 Å². The van der Waals surface area contributed by atoms with Gasteiger partial charge in [-0.05, 0) is 83.3 Å². The van der Waals surface area contributed by atoms with Gasteiger partial charge in [0.15, 0.2) is 107 Å². The number of imidazole rings is 2. The van der Waals surface area contributed by atoms with E-state index in [1.54, 1.807) is 33.4 Å². The summed E-state index contributed by atoms with van der Waals surface area (Å²) in [4.78, 5) is 133. The van der Waals surface area contributed by atoms with Crippen molar-refractivity contribution < 1.29 is 139 Å². The number of fused-ring (bicyclic) bond motifs is 13. The smallest absolute Gasteiger partial charge is 0.386 e. The third-order valence-electron chi connectivity index (χ3n) is 23.3. The number of rotatable bonds is 6. The zero-order valence-corrected chi connectivity index (χ0v) is 78.6. The second-order valence-corrected chi connectivity index (χ2v) is 48.7. The Bertz CT molecular complexity index is 7070. The molecule has 10 bridgehead atoms. The molecule has 58 nitrogen and oxygen atoms in total. The summed E-state index contributed by atoms with van der Waals surface area (Å²) in [5.41, 5.74) is 31.8. The van der Waals surface area contributed by atoms with Crippen molar-refractivity contribution in [2.45, 2.75) is 147 Å². The summed E-state index contributed by atoms with van der Waals surface area (Å²) in [5, 5.41) is 23.4. The normalized spacial score (nSPS) is 39.0. The summed E-state index contributed by atoms with van der Waals surface area (Å²) in [6, 6.07) is 6.38. The maximum absolute atomic E-state index is 16.0. The largest absolute Gasteiger partial charge is 0.398 e.